The average molecular weight is 304 g/mol. The molecule has 1 aromatic rings. The SMILES string of the molecule is CC(CCO)CNC(=O)NCCc1cc(F)c(F)c(F)c1. The molecule has 0 aliphatic rings. The second-order valence-corrected chi connectivity index (χ2v) is 4.88. The largest absolute Gasteiger partial charge is 0.396 e. The van der Waals surface area contributed by atoms with Gasteiger partial charge in [0.1, 0.15) is 0 Å². The number of halogens is 3. The Labute approximate surface area is 121 Å². The van der Waals surface area contributed by atoms with Gasteiger partial charge in [0.2, 0.25) is 0 Å². The molecule has 1 aromatic carbocycles. The zero-order chi connectivity index (χ0) is 15.8. The molecule has 2 amide bonds. The van der Waals surface area contributed by atoms with Crippen molar-refractivity contribution in [1.82, 2.24) is 10.6 Å². The second-order valence-electron chi connectivity index (χ2n) is 4.88. The summed E-state index contributed by atoms with van der Waals surface area (Å²) in [4.78, 5) is 11.4. The number of hydrogen-bond acceptors (Lipinski definition) is 2. The highest BCUT2D eigenvalue weighted by Crippen LogP contribution is 2.13. The van der Waals surface area contributed by atoms with E-state index in [1.807, 2.05) is 6.92 Å². The maximum absolute atomic E-state index is 13.0. The Bertz CT molecular complexity index is 460. The van der Waals surface area contributed by atoms with Crippen LogP contribution in [-0.2, 0) is 6.42 Å². The van der Waals surface area contributed by atoms with Gasteiger partial charge in [-0.3, -0.25) is 0 Å². The zero-order valence-corrected chi connectivity index (χ0v) is 11.8. The van der Waals surface area contributed by atoms with Gasteiger partial charge in [-0.2, -0.15) is 0 Å². The Morgan fingerprint density at radius 2 is 1.86 bits per heavy atom. The van der Waals surface area contributed by atoms with Gasteiger partial charge >= 0.3 is 6.03 Å². The van der Waals surface area contributed by atoms with Crippen LogP contribution in [0, 0.1) is 23.4 Å². The monoisotopic (exact) mass is 304 g/mol. The highest BCUT2D eigenvalue weighted by molar-refractivity contribution is 5.73. The van der Waals surface area contributed by atoms with E-state index in [2.05, 4.69) is 10.6 Å². The van der Waals surface area contributed by atoms with Gasteiger partial charge < -0.3 is 15.7 Å². The van der Waals surface area contributed by atoms with Crippen molar-refractivity contribution in [1.29, 1.82) is 0 Å². The molecule has 0 aliphatic carbocycles. The van der Waals surface area contributed by atoms with Crippen LogP contribution in [-0.4, -0.2) is 30.8 Å². The number of hydrogen-bond donors (Lipinski definition) is 3. The Morgan fingerprint density at radius 1 is 1.24 bits per heavy atom. The third kappa shape index (κ3) is 6.03. The van der Waals surface area contributed by atoms with Gasteiger partial charge in [0.25, 0.3) is 0 Å². The summed E-state index contributed by atoms with van der Waals surface area (Å²) < 4.78 is 38.7. The molecule has 0 aliphatic heterocycles. The lowest BCUT2D eigenvalue weighted by atomic mass is 10.1. The Kier molecular flexibility index (Phi) is 7.01. The first-order valence-corrected chi connectivity index (χ1v) is 6.70. The number of urea groups is 1. The fourth-order valence-corrected chi connectivity index (χ4v) is 1.72. The third-order valence-electron chi connectivity index (χ3n) is 2.98. The molecule has 0 spiro atoms. The summed E-state index contributed by atoms with van der Waals surface area (Å²) in [5.74, 6) is -3.83. The molecule has 0 heterocycles. The standard InChI is InChI=1S/C14H19F3N2O2/c1-9(3-5-20)8-19-14(21)18-4-2-10-6-11(15)13(17)12(16)7-10/h6-7,9,20H,2-5,8H2,1H3,(H2,18,19,21). The van der Waals surface area contributed by atoms with E-state index in [9.17, 15) is 18.0 Å². The van der Waals surface area contributed by atoms with Crippen LogP contribution in [0.15, 0.2) is 12.1 Å². The highest BCUT2D eigenvalue weighted by atomic mass is 19.2. The van der Waals surface area contributed by atoms with Crippen LogP contribution < -0.4 is 10.6 Å². The number of carbonyl (C=O) groups is 1. The van der Waals surface area contributed by atoms with Crippen LogP contribution in [0.2, 0.25) is 0 Å². The van der Waals surface area contributed by atoms with Gasteiger partial charge in [-0.05, 0) is 36.5 Å². The molecule has 0 radical (unpaired) electrons. The van der Waals surface area contributed by atoms with Crippen molar-refractivity contribution in [2.45, 2.75) is 19.8 Å². The minimum Gasteiger partial charge on any atom is -0.396 e. The van der Waals surface area contributed by atoms with Gasteiger partial charge in [-0.25, -0.2) is 18.0 Å². The van der Waals surface area contributed by atoms with Crippen molar-refractivity contribution in [3.8, 4) is 0 Å². The van der Waals surface area contributed by atoms with Crippen LogP contribution in [0.3, 0.4) is 0 Å². The van der Waals surface area contributed by atoms with Crippen molar-refractivity contribution in [3.05, 3.63) is 35.1 Å². The maximum atomic E-state index is 13.0. The van der Waals surface area contributed by atoms with Crippen LogP contribution in [0.1, 0.15) is 18.9 Å². The van der Waals surface area contributed by atoms with Gasteiger partial charge in [-0.1, -0.05) is 6.92 Å². The minimum absolute atomic E-state index is 0.0617. The van der Waals surface area contributed by atoms with Crippen molar-refractivity contribution in [3.63, 3.8) is 0 Å². The van der Waals surface area contributed by atoms with E-state index < -0.39 is 23.5 Å². The second kappa shape index (κ2) is 8.51. The van der Waals surface area contributed by atoms with Gasteiger partial charge in [-0.15, -0.1) is 0 Å². The molecule has 7 heteroatoms. The molecule has 1 rings (SSSR count). The summed E-state index contributed by atoms with van der Waals surface area (Å²) in [6.45, 7) is 2.55. The molecule has 0 aromatic heterocycles. The van der Waals surface area contributed by atoms with Crippen LogP contribution in [0.5, 0.6) is 0 Å². The zero-order valence-electron chi connectivity index (χ0n) is 11.8. The summed E-state index contributed by atoms with van der Waals surface area (Å²) in [6, 6.07) is 1.41. The van der Waals surface area contributed by atoms with Crippen molar-refractivity contribution >= 4 is 6.03 Å². The molecule has 0 bridgehead atoms. The topological polar surface area (TPSA) is 61.4 Å². The number of rotatable bonds is 7. The molecule has 0 saturated carbocycles. The van der Waals surface area contributed by atoms with Crippen molar-refractivity contribution in [2.75, 3.05) is 19.7 Å². The molecular formula is C14H19F3N2O2. The first kappa shape index (κ1) is 17.3. The molecule has 0 fully saturated rings. The van der Waals surface area contributed by atoms with E-state index >= 15 is 0 Å². The third-order valence-corrected chi connectivity index (χ3v) is 2.98. The predicted molar refractivity (Wildman–Crippen MR) is 72.3 cm³/mol. The summed E-state index contributed by atoms with van der Waals surface area (Å²) in [7, 11) is 0. The molecule has 4 nitrogen and oxygen atoms in total. The van der Waals surface area contributed by atoms with Crippen LogP contribution >= 0.6 is 0 Å². The number of aliphatic hydroxyl groups is 1. The summed E-state index contributed by atoms with van der Waals surface area (Å²) in [5.41, 5.74) is 0.264. The summed E-state index contributed by atoms with van der Waals surface area (Å²) >= 11 is 0. The smallest absolute Gasteiger partial charge is 0.314 e. The number of nitrogens with one attached hydrogen (secondary N) is 2. The lowest BCUT2D eigenvalue weighted by molar-refractivity contribution is 0.234. The summed E-state index contributed by atoms with van der Waals surface area (Å²) in [6.07, 6.45) is 0.780. The highest BCUT2D eigenvalue weighted by Gasteiger charge is 2.10. The van der Waals surface area contributed by atoms with E-state index in [0.29, 0.717) is 13.0 Å². The van der Waals surface area contributed by atoms with Crippen LogP contribution in [0.4, 0.5) is 18.0 Å². The Morgan fingerprint density at radius 3 is 2.43 bits per heavy atom. The molecule has 0 saturated heterocycles. The minimum atomic E-state index is -1.50. The van der Waals surface area contributed by atoms with Gasteiger partial charge in [0, 0.05) is 19.7 Å². The molecule has 1 unspecified atom stereocenters. The first-order valence-electron chi connectivity index (χ1n) is 6.70. The molecule has 1 atom stereocenters. The Balaban J connectivity index is 2.32. The fraction of sp³-hybridized carbons (Fsp3) is 0.500. The number of aliphatic hydroxyl groups excluding tert-OH is 1. The summed E-state index contributed by atoms with van der Waals surface area (Å²) in [5, 5.41) is 13.9. The maximum Gasteiger partial charge on any atom is 0.314 e. The van der Waals surface area contributed by atoms with Crippen molar-refractivity contribution in [2.24, 2.45) is 5.92 Å². The van der Waals surface area contributed by atoms with E-state index in [1.54, 1.807) is 0 Å². The lowest BCUT2D eigenvalue weighted by Gasteiger charge is -2.12. The predicted octanol–water partition coefficient (Wildman–Crippen LogP) is 1.96. The van der Waals surface area contributed by atoms with E-state index in [4.69, 9.17) is 5.11 Å². The molecular weight excluding hydrogens is 285 g/mol. The van der Waals surface area contributed by atoms with E-state index in [1.165, 1.54) is 0 Å². The van der Waals surface area contributed by atoms with Crippen molar-refractivity contribution < 1.29 is 23.1 Å². The van der Waals surface area contributed by atoms with E-state index in [-0.39, 0.29) is 31.1 Å². The quantitative estimate of drug-likeness (QED) is 0.674. The fourth-order valence-electron chi connectivity index (χ4n) is 1.72. The first-order chi connectivity index (χ1) is 9.93. The average Bonchev–Trinajstić information content (AvgIpc) is 2.43. The van der Waals surface area contributed by atoms with E-state index in [0.717, 1.165) is 12.1 Å². The number of carbonyl (C=O) groups excluding carboxylic acids is 1. The number of benzene rings is 1. The Hall–Kier alpha value is -1.76. The number of amides is 2. The molecule has 21 heavy (non-hydrogen) atoms. The molecule has 3 N–H and O–H groups in total. The normalized spacial score (nSPS) is 12.0. The van der Waals surface area contributed by atoms with Crippen LogP contribution in [0.25, 0.3) is 0 Å². The van der Waals surface area contributed by atoms with Gasteiger partial charge in [0.15, 0.2) is 17.5 Å². The molecule has 118 valence electrons. The van der Waals surface area contributed by atoms with Gasteiger partial charge in [0.05, 0.1) is 0 Å². The lowest BCUT2D eigenvalue weighted by Crippen LogP contribution is -2.38.